The van der Waals surface area contributed by atoms with E-state index >= 15 is 0 Å². The molecular weight excluding hydrogens is 338 g/mol. The van der Waals surface area contributed by atoms with Gasteiger partial charge in [-0.3, -0.25) is 0 Å². The number of aryl methyl sites for hydroxylation is 1. The smallest absolute Gasteiger partial charge is 0.223 e. The number of benzene rings is 1. The first-order valence-corrected chi connectivity index (χ1v) is 7.84. The van der Waals surface area contributed by atoms with Crippen molar-refractivity contribution >= 4 is 22.6 Å². The number of nitrogens with zero attached hydrogens (tertiary/aromatic N) is 4. The minimum Gasteiger partial charge on any atom is -0.383 e. The fourth-order valence-corrected chi connectivity index (χ4v) is 3.38. The van der Waals surface area contributed by atoms with Crippen molar-refractivity contribution in [3.63, 3.8) is 0 Å². The number of hydrogen-bond acceptors (Lipinski definition) is 4. The molecular formula is C16H13ClF2N4O. The number of fused-ring (bicyclic) bond motifs is 3. The third-order valence-corrected chi connectivity index (χ3v) is 4.42. The molecule has 3 heterocycles. The molecule has 1 aliphatic heterocycles. The molecule has 124 valence electrons. The Morgan fingerprint density at radius 1 is 1.29 bits per heavy atom. The molecule has 0 aliphatic carbocycles. The summed E-state index contributed by atoms with van der Waals surface area (Å²) in [5.74, 6) is -0.369. The molecule has 1 atom stereocenters. The molecule has 0 fully saturated rings. The molecule has 0 unspecified atom stereocenters. The Morgan fingerprint density at radius 3 is 2.92 bits per heavy atom. The number of ether oxygens (including phenoxy) is 1. The molecule has 8 heteroatoms. The molecule has 24 heavy (non-hydrogen) atoms. The van der Waals surface area contributed by atoms with Crippen molar-refractivity contribution in [1.82, 2.24) is 19.5 Å². The predicted octanol–water partition coefficient (Wildman–Crippen LogP) is 3.56. The zero-order valence-corrected chi connectivity index (χ0v) is 13.5. The Bertz CT molecular complexity index is 943. The second kappa shape index (κ2) is 5.75. The summed E-state index contributed by atoms with van der Waals surface area (Å²) in [7, 11) is 1.63. The lowest BCUT2D eigenvalue weighted by Gasteiger charge is -2.13. The second-order valence-corrected chi connectivity index (χ2v) is 6.05. The highest BCUT2D eigenvalue weighted by Crippen LogP contribution is 2.35. The minimum atomic E-state index is -0.659. The Morgan fingerprint density at radius 2 is 2.12 bits per heavy atom. The number of rotatable bonds is 3. The first-order valence-electron chi connectivity index (χ1n) is 7.46. The molecule has 3 aromatic rings. The fourth-order valence-electron chi connectivity index (χ4n) is 3.24. The van der Waals surface area contributed by atoms with E-state index in [9.17, 15) is 8.78 Å². The van der Waals surface area contributed by atoms with Crippen molar-refractivity contribution in [2.45, 2.75) is 18.9 Å². The summed E-state index contributed by atoms with van der Waals surface area (Å²) in [5, 5.41) is -0.0947. The highest BCUT2D eigenvalue weighted by atomic mass is 35.5. The van der Waals surface area contributed by atoms with Gasteiger partial charge in [0.2, 0.25) is 5.28 Å². The van der Waals surface area contributed by atoms with E-state index in [0.29, 0.717) is 17.7 Å². The molecule has 0 radical (unpaired) electrons. The van der Waals surface area contributed by atoms with E-state index in [1.807, 2.05) is 4.57 Å². The zero-order valence-electron chi connectivity index (χ0n) is 12.8. The molecule has 1 aromatic carbocycles. The summed E-state index contributed by atoms with van der Waals surface area (Å²) in [6.07, 6.45) is 2.61. The van der Waals surface area contributed by atoms with Crippen LogP contribution in [0, 0.1) is 11.6 Å². The number of methoxy groups -OCH3 is 1. The fraction of sp³-hybridized carbons (Fsp3) is 0.312. The highest BCUT2D eigenvalue weighted by molar-refractivity contribution is 6.28. The molecule has 0 bridgehead atoms. The van der Waals surface area contributed by atoms with Crippen LogP contribution in [0.1, 0.15) is 18.3 Å². The Kier molecular flexibility index (Phi) is 3.69. The third-order valence-electron chi connectivity index (χ3n) is 4.24. The monoisotopic (exact) mass is 350 g/mol. The van der Waals surface area contributed by atoms with Crippen molar-refractivity contribution < 1.29 is 13.5 Å². The average molecular weight is 351 g/mol. The Labute approximate surface area is 141 Å². The van der Waals surface area contributed by atoms with E-state index in [4.69, 9.17) is 16.3 Å². The summed E-state index contributed by atoms with van der Waals surface area (Å²) in [6, 6.07) is 2.99. The molecule has 1 aliphatic rings. The van der Waals surface area contributed by atoms with Crippen molar-refractivity contribution in [3.05, 3.63) is 41.1 Å². The van der Waals surface area contributed by atoms with Gasteiger partial charge in [-0.2, -0.15) is 0 Å². The lowest BCUT2D eigenvalue weighted by atomic mass is 10.1. The Hall–Kier alpha value is -2.12. The normalized spacial score (nSPS) is 16.8. The standard InChI is InChI=1S/C16H13ClF2N4O/c1-24-7-9-2-3-13-21-15-10(18)4-8(5-12(15)23(9)13)14-11(19)6-20-16(17)22-14/h4-6,9H,2-3,7H2,1H3/t9-/m1/s1. The van der Waals surface area contributed by atoms with Crippen molar-refractivity contribution in [1.29, 1.82) is 0 Å². The van der Waals surface area contributed by atoms with E-state index in [1.165, 1.54) is 6.07 Å². The molecule has 4 rings (SSSR count). The van der Waals surface area contributed by atoms with Crippen LogP contribution in [0.5, 0.6) is 0 Å². The SMILES string of the molecule is COC[C@H]1CCc2nc3c(F)cc(-c4nc(Cl)ncc4F)cc3n21. The van der Waals surface area contributed by atoms with Gasteiger partial charge in [-0.15, -0.1) is 0 Å². The predicted molar refractivity (Wildman–Crippen MR) is 84.9 cm³/mol. The van der Waals surface area contributed by atoms with Gasteiger partial charge in [0.25, 0.3) is 0 Å². The van der Waals surface area contributed by atoms with Crippen LogP contribution in [0.25, 0.3) is 22.3 Å². The van der Waals surface area contributed by atoms with Crippen LogP contribution in [0.2, 0.25) is 5.28 Å². The molecule has 2 aromatic heterocycles. The molecule has 0 spiro atoms. The van der Waals surface area contributed by atoms with Crippen molar-refractivity contribution in [2.75, 3.05) is 13.7 Å². The molecule has 0 saturated carbocycles. The maximum Gasteiger partial charge on any atom is 0.223 e. The number of aromatic nitrogens is 4. The van der Waals surface area contributed by atoms with E-state index in [1.54, 1.807) is 13.2 Å². The van der Waals surface area contributed by atoms with Gasteiger partial charge in [0.1, 0.15) is 17.0 Å². The summed E-state index contributed by atoms with van der Waals surface area (Å²) in [6.45, 7) is 0.512. The third kappa shape index (κ3) is 2.35. The van der Waals surface area contributed by atoms with Gasteiger partial charge in [0.15, 0.2) is 11.6 Å². The summed E-state index contributed by atoms with van der Waals surface area (Å²) in [4.78, 5) is 11.8. The van der Waals surface area contributed by atoms with Gasteiger partial charge < -0.3 is 9.30 Å². The largest absolute Gasteiger partial charge is 0.383 e. The van der Waals surface area contributed by atoms with E-state index in [-0.39, 0.29) is 22.5 Å². The topological polar surface area (TPSA) is 52.8 Å². The maximum atomic E-state index is 14.5. The van der Waals surface area contributed by atoms with Gasteiger partial charge in [-0.05, 0) is 30.2 Å². The molecule has 5 nitrogen and oxygen atoms in total. The van der Waals surface area contributed by atoms with Gasteiger partial charge in [0, 0.05) is 19.1 Å². The summed E-state index contributed by atoms with van der Waals surface area (Å²) >= 11 is 5.75. The van der Waals surface area contributed by atoms with Gasteiger partial charge in [0.05, 0.1) is 24.4 Å². The number of imidazole rings is 1. The van der Waals surface area contributed by atoms with E-state index < -0.39 is 11.6 Å². The van der Waals surface area contributed by atoms with E-state index in [2.05, 4.69) is 15.0 Å². The summed E-state index contributed by atoms with van der Waals surface area (Å²) < 4.78 is 35.8. The first kappa shape index (κ1) is 15.4. The number of halogens is 3. The van der Waals surface area contributed by atoms with Crippen LogP contribution in [-0.2, 0) is 11.2 Å². The van der Waals surface area contributed by atoms with Crippen LogP contribution in [0.3, 0.4) is 0 Å². The lowest BCUT2D eigenvalue weighted by molar-refractivity contribution is 0.160. The molecule has 0 saturated heterocycles. The van der Waals surface area contributed by atoms with Crippen LogP contribution in [0.4, 0.5) is 8.78 Å². The van der Waals surface area contributed by atoms with Crippen molar-refractivity contribution in [3.8, 4) is 11.3 Å². The number of hydrogen-bond donors (Lipinski definition) is 0. The zero-order chi connectivity index (χ0) is 16.8. The van der Waals surface area contributed by atoms with E-state index in [0.717, 1.165) is 24.9 Å². The molecule has 0 N–H and O–H groups in total. The maximum absolute atomic E-state index is 14.5. The van der Waals surface area contributed by atoms with Gasteiger partial charge >= 0.3 is 0 Å². The second-order valence-electron chi connectivity index (χ2n) is 5.71. The molecule has 0 amide bonds. The lowest BCUT2D eigenvalue weighted by Crippen LogP contribution is -2.10. The van der Waals surface area contributed by atoms with Gasteiger partial charge in [-0.25, -0.2) is 23.7 Å². The van der Waals surface area contributed by atoms with Crippen LogP contribution >= 0.6 is 11.6 Å². The van der Waals surface area contributed by atoms with Crippen LogP contribution < -0.4 is 0 Å². The van der Waals surface area contributed by atoms with Crippen LogP contribution in [-0.4, -0.2) is 33.2 Å². The van der Waals surface area contributed by atoms with Crippen molar-refractivity contribution in [2.24, 2.45) is 0 Å². The Balaban J connectivity index is 1.94. The quantitative estimate of drug-likeness (QED) is 0.678. The van der Waals surface area contributed by atoms with Gasteiger partial charge in [-0.1, -0.05) is 0 Å². The first-order chi connectivity index (χ1) is 11.6. The summed E-state index contributed by atoms with van der Waals surface area (Å²) in [5.41, 5.74) is 1.14. The van der Waals surface area contributed by atoms with Crippen LogP contribution in [0.15, 0.2) is 18.3 Å². The minimum absolute atomic E-state index is 0.0346. The highest BCUT2D eigenvalue weighted by Gasteiger charge is 2.27. The average Bonchev–Trinajstić information content (AvgIpc) is 3.11.